The highest BCUT2D eigenvalue weighted by molar-refractivity contribution is 7.08. The number of hydrogen-bond acceptors (Lipinski definition) is 3. The second kappa shape index (κ2) is 3.59. The van der Waals surface area contributed by atoms with Crippen LogP contribution < -0.4 is 0 Å². The van der Waals surface area contributed by atoms with E-state index in [1.54, 1.807) is 23.6 Å². The third-order valence-electron chi connectivity index (χ3n) is 1.88. The first kappa shape index (κ1) is 8.90. The summed E-state index contributed by atoms with van der Waals surface area (Å²) in [7, 11) is 0. The van der Waals surface area contributed by atoms with Crippen LogP contribution in [0.25, 0.3) is 11.1 Å². The van der Waals surface area contributed by atoms with E-state index in [-0.39, 0.29) is 5.56 Å². The molecule has 70 valence electrons. The molecule has 0 saturated heterocycles. The summed E-state index contributed by atoms with van der Waals surface area (Å²) >= 11 is 1.54. The first-order chi connectivity index (χ1) is 6.79. The number of nitrogens with zero attached hydrogens (tertiary/aromatic N) is 1. The number of aromatic carboxylic acids is 1. The van der Waals surface area contributed by atoms with E-state index in [9.17, 15) is 4.79 Å². The molecule has 2 aromatic rings. The normalized spacial score (nSPS) is 10.0. The van der Waals surface area contributed by atoms with Crippen LogP contribution in [0.1, 0.15) is 10.4 Å². The third kappa shape index (κ3) is 1.52. The molecule has 0 aliphatic carbocycles. The zero-order chi connectivity index (χ0) is 9.97. The Hall–Kier alpha value is -1.68. The molecule has 14 heavy (non-hydrogen) atoms. The van der Waals surface area contributed by atoms with Crippen molar-refractivity contribution in [3.05, 3.63) is 40.8 Å². The van der Waals surface area contributed by atoms with Crippen LogP contribution in [0.2, 0.25) is 0 Å². The Morgan fingerprint density at radius 1 is 1.43 bits per heavy atom. The van der Waals surface area contributed by atoms with E-state index in [1.807, 2.05) is 16.8 Å². The van der Waals surface area contributed by atoms with Gasteiger partial charge in [0.1, 0.15) is 0 Å². The average Bonchev–Trinajstić information content (AvgIpc) is 2.70. The lowest BCUT2D eigenvalue weighted by Gasteiger charge is -2.01. The Labute approximate surface area is 84.7 Å². The number of carbonyl (C=O) groups is 1. The minimum atomic E-state index is -0.945. The van der Waals surface area contributed by atoms with Gasteiger partial charge >= 0.3 is 5.97 Å². The van der Waals surface area contributed by atoms with Gasteiger partial charge in [0.2, 0.25) is 0 Å². The fraction of sp³-hybridized carbons (Fsp3) is 0. The van der Waals surface area contributed by atoms with Crippen molar-refractivity contribution in [1.82, 2.24) is 4.98 Å². The van der Waals surface area contributed by atoms with Gasteiger partial charge in [0.15, 0.2) is 0 Å². The molecule has 0 aromatic carbocycles. The van der Waals surface area contributed by atoms with Crippen LogP contribution in [0.3, 0.4) is 0 Å². The molecule has 2 aromatic heterocycles. The molecule has 0 fully saturated rings. The Kier molecular flexibility index (Phi) is 2.28. The van der Waals surface area contributed by atoms with Crippen LogP contribution in [0.5, 0.6) is 0 Å². The van der Waals surface area contributed by atoms with Crippen LogP contribution in [-0.2, 0) is 0 Å². The molecule has 4 heteroatoms. The van der Waals surface area contributed by atoms with Crippen LogP contribution in [0.15, 0.2) is 35.3 Å². The minimum Gasteiger partial charge on any atom is -0.478 e. The van der Waals surface area contributed by atoms with E-state index in [1.165, 1.54) is 6.20 Å². The zero-order valence-corrected chi connectivity index (χ0v) is 7.99. The molecular formula is C10H7NO2S. The van der Waals surface area contributed by atoms with Gasteiger partial charge in [-0.1, -0.05) is 0 Å². The number of carboxylic acids is 1. The smallest absolute Gasteiger partial charge is 0.337 e. The average molecular weight is 205 g/mol. The summed E-state index contributed by atoms with van der Waals surface area (Å²) in [6.45, 7) is 0. The van der Waals surface area contributed by atoms with E-state index >= 15 is 0 Å². The SMILES string of the molecule is O=C(O)c1cnccc1-c1ccsc1. The molecule has 1 N–H and O–H groups in total. The van der Waals surface area contributed by atoms with Crippen LogP contribution in [0.4, 0.5) is 0 Å². The molecule has 0 spiro atoms. The van der Waals surface area contributed by atoms with Crippen molar-refractivity contribution in [3.8, 4) is 11.1 Å². The summed E-state index contributed by atoms with van der Waals surface area (Å²) in [5.74, 6) is -0.945. The topological polar surface area (TPSA) is 50.2 Å². The van der Waals surface area contributed by atoms with E-state index < -0.39 is 5.97 Å². The highest BCUT2D eigenvalue weighted by Gasteiger charge is 2.10. The minimum absolute atomic E-state index is 0.242. The van der Waals surface area contributed by atoms with E-state index in [0.29, 0.717) is 5.56 Å². The van der Waals surface area contributed by atoms with Crippen molar-refractivity contribution < 1.29 is 9.90 Å². The van der Waals surface area contributed by atoms with Gasteiger partial charge in [0, 0.05) is 18.0 Å². The van der Waals surface area contributed by atoms with Gasteiger partial charge in [-0.25, -0.2) is 4.79 Å². The van der Waals surface area contributed by atoms with E-state index in [4.69, 9.17) is 5.11 Å². The zero-order valence-electron chi connectivity index (χ0n) is 7.18. The van der Waals surface area contributed by atoms with E-state index in [0.717, 1.165) is 5.56 Å². The first-order valence-corrected chi connectivity index (χ1v) is 4.93. The summed E-state index contributed by atoms with van der Waals surface area (Å²) in [4.78, 5) is 14.7. The second-order valence-corrected chi connectivity index (χ2v) is 3.52. The van der Waals surface area contributed by atoms with Gasteiger partial charge in [-0.15, -0.1) is 0 Å². The van der Waals surface area contributed by atoms with Crippen molar-refractivity contribution in [2.24, 2.45) is 0 Å². The lowest BCUT2D eigenvalue weighted by atomic mass is 10.1. The molecule has 2 rings (SSSR count). The van der Waals surface area contributed by atoms with Crippen molar-refractivity contribution in [2.45, 2.75) is 0 Å². The maximum atomic E-state index is 10.9. The maximum Gasteiger partial charge on any atom is 0.337 e. The summed E-state index contributed by atoms with van der Waals surface area (Å²) in [6, 6.07) is 3.61. The van der Waals surface area contributed by atoms with Crippen molar-refractivity contribution >= 4 is 17.3 Å². The van der Waals surface area contributed by atoms with Gasteiger partial charge in [-0.2, -0.15) is 11.3 Å². The fourth-order valence-electron chi connectivity index (χ4n) is 1.23. The van der Waals surface area contributed by atoms with Gasteiger partial charge in [-0.05, 0) is 28.5 Å². The number of hydrogen-bond donors (Lipinski definition) is 1. The number of rotatable bonds is 2. The molecule has 0 radical (unpaired) electrons. The van der Waals surface area contributed by atoms with Crippen molar-refractivity contribution in [2.75, 3.05) is 0 Å². The lowest BCUT2D eigenvalue weighted by molar-refractivity contribution is 0.0697. The predicted octanol–water partition coefficient (Wildman–Crippen LogP) is 2.51. The summed E-state index contributed by atoms with van der Waals surface area (Å²) < 4.78 is 0. The lowest BCUT2D eigenvalue weighted by Crippen LogP contribution is -1.99. The Morgan fingerprint density at radius 3 is 2.93 bits per heavy atom. The van der Waals surface area contributed by atoms with Crippen LogP contribution in [-0.4, -0.2) is 16.1 Å². The molecule has 0 saturated carbocycles. The Morgan fingerprint density at radius 2 is 2.29 bits per heavy atom. The second-order valence-electron chi connectivity index (χ2n) is 2.74. The molecule has 0 aliphatic rings. The highest BCUT2D eigenvalue weighted by Crippen LogP contribution is 2.24. The van der Waals surface area contributed by atoms with Gasteiger partial charge in [-0.3, -0.25) is 4.98 Å². The molecule has 0 unspecified atom stereocenters. The molecule has 0 bridgehead atoms. The monoisotopic (exact) mass is 205 g/mol. The molecule has 0 amide bonds. The van der Waals surface area contributed by atoms with Crippen molar-refractivity contribution in [3.63, 3.8) is 0 Å². The number of thiophene rings is 1. The summed E-state index contributed by atoms with van der Waals surface area (Å²) in [5, 5.41) is 12.8. The molecular weight excluding hydrogens is 198 g/mol. The first-order valence-electron chi connectivity index (χ1n) is 3.99. The van der Waals surface area contributed by atoms with Crippen LogP contribution >= 0.6 is 11.3 Å². The van der Waals surface area contributed by atoms with Gasteiger partial charge < -0.3 is 5.11 Å². The standard InChI is InChI=1S/C10H7NO2S/c12-10(13)9-5-11-3-1-8(9)7-2-4-14-6-7/h1-6H,(H,12,13). The number of aromatic nitrogens is 1. The molecule has 0 atom stereocenters. The quantitative estimate of drug-likeness (QED) is 0.819. The fourth-order valence-corrected chi connectivity index (χ4v) is 1.89. The van der Waals surface area contributed by atoms with Crippen molar-refractivity contribution in [1.29, 1.82) is 0 Å². The number of carboxylic acid groups (broad SMARTS) is 1. The van der Waals surface area contributed by atoms with Gasteiger partial charge in [0.05, 0.1) is 5.56 Å². The highest BCUT2D eigenvalue weighted by atomic mass is 32.1. The Balaban J connectivity index is 2.58. The third-order valence-corrected chi connectivity index (χ3v) is 2.57. The predicted molar refractivity (Wildman–Crippen MR) is 54.5 cm³/mol. The largest absolute Gasteiger partial charge is 0.478 e. The Bertz CT molecular complexity index is 451. The van der Waals surface area contributed by atoms with E-state index in [2.05, 4.69) is 4.98 Å². The summed E-state index contributed by atoms with van der Waals surface area (Å²) in [6.07, 6.45) is 2.97. The summed E-state index contributed by atoms with van der Waals surface area (Å²) in [5.41, 5.74) is 1.88. The maximum absolute atomic E-state index is 10.9. The number of pyridine rings is 1. The van der Waals surface area contributed by atoms with Crippen LogP contribution in [0, 0.1) is 0 Å². The molecule has 0 aliphatic heterocycles. The van der Waals surface area contributed by atoms with Gasteiger partial charge in [0.25, 0.3) is 0 Å². The molecule has 2 heterocycles. The molecule has 3 nitrogen and oxygen atoms in total.